The highest BCUT2D eigenvalue weighted by atomic mass is 16.4. The van der Waals surface area contributed by atoms with Crippen LogP contribution in [0.25, 0.3) is 11.0 Å². The molecule has 0 aliphatic heterocycles. The lowest BCUT2D eigenvalue weighted by Crippen LogP contribution is -2.12. The molecule has 2 heterocycles. The maximum atomic E-state index is 11.1. The largest absolute Gasteiger partial charge is 0.478 e. The zero-order valence-corrected chi connectivity index (χ0v) is 11.0. The van der Waals surface area contributed by atoms with Crippen LogP contribution in [0.4, 0.5) is 0 Å². The lowest BCUT2D eigenvalue weighted by atomic mass is 10.2. The molecule has 20 heavy (non-hydrogen) atoms. The zero-order valence-electron chi connectivity index (χ0n) is 11.0. The van der Waals surface area contributed by atoms with Crippen LogP contribution in [0.5, 0.6) is 0 Å². The Kier molecular flexibility index (Phi) is 2.98. The summed E-state index contributed by atoms with van der Waals surface area (Å²) in [6.45, 7) is 2.76. The fourth-order valence-corrected chi connectivity index (χ4v) is 2.28. The summed E-state index contributed by atoms with van der Waals surface area (Å²) in [4.78, 5) is 15.4. The van der Waals surface area contributed by atoms with Crippen LogP contribution in [0.15, 0.2) is 43.0 Å². The van der Waals surface area contributed by atoms with E-state index >= 15 is 0 Å². The summed E-state index contributed by atoms with van der Waals surface area (Å²) in [7, 11) is 0. The average molecular weight is 270 g/mol. The second-order valence-corrected chi connectivity index (χ2v) is 4.74. The Hall–Kier alpha value is -2.63. The van der Waals surface area contributed by atoms with Gasteiger partial charge in [0, 0.05) is 12.4 Å². The average Bonchev–Trinajstić information content (AvgIpc) is 3.06. The van der Waals surface area contributed by atoms with Crippen LogP contribution in [0.3, 0.4) is 0 Å². The van der Waals surface area contributed by atoms with E-state index in [4.69, 9.17) is 5.11 Å². The number of fused-ring (bicyclic) bond motifs is 1. The number of aromatic carboxylic acids is 1. The summed E-state index contributed by atoms with van der Waals surface area (Å²) in [5.74, 6) is -0.931. The van der Waals surface area contributed by atoms with Crippen molar-refractivity contribution in [1.29, 1.82) is 0 Å². The number of imidazole rings is 1. The minimum Gasteiger partial charge on any atom is -0.478 e. The first kappa shape index (κ1) is 12.4. The highest BCUT2D eigenvalue weighted by Gasteiger charge is 2.12. The number of carbonyl (C=O) groups is 1. The van der Waals surface area contributed by atoms with Gasteiger partial charge in [-0.15, -0.1) is 0 Å². The molecule has 0 fully saturated rings. The molecule has 0 amide bonds. The molecule has 0 aliphatic carbocycles. The smallest absolute Gasteiger partial charge is 0.335 e. The molecule has 0 bridgehead atoms. The van der Waals surface area contributed by atoms with Gasteiger partial charge in [-0.1, -0.05) is 0 Å². The first-order valence-electron chi connectivity index (χ1n) is 6.32. The topological polar surface area (TPSA) is 72.9 Å². The van der Waals surface area contributed by atoms with Gasteiger partial charge in [-0.2, -0.15) is 5.10 Å². The highest BCUT2D eigenvalue weighted by molar-refractivity contribution is 5.92. The SMILES string of the molecule is CC(Cn1cccn1)n1cnc2ccc(C(=O)O)cc21. The van der Waals surface area contributed by atoms with E-state index in [0.717, 1.165) is 11.0 Å². The fourth-order valence-electron chi connectivity index (χ4n) is 2.28. The van der Waals surface area contributed by atoms with Gasteiger partial charge < -0.3 is 9.67 Å². The van der Waals surface area contributed by atoms with Crippen LogP contribution >= 0.6 is 0 Å². The molecule has 6 heteroatoms. The van der Waals surface area contributed by atoms with Crippen LogP contribution in [0.1, 0.15) is 23.3 Å². The molecule has 2 aromatic heterocycles. The van der Waals surface area contributed by atoms with Gasteiger partial charge in [0.2, 0.25) is 0 Å². The van der Waals surface area contributed by atoms with E-state index in [1.165, 1.54) is 0 Å². The monoisotopic (exact) mass is 270 g/mol. The lowest BCUT2D eigenvalue weighted by Gasteiger charge is -2.14. The first-order valence-corrected chi connectivity index (χ1v) is 6.32. The molecular formula is C14H14N4O2. The van der Waals surface area contributed by atoms with E-state index in [0.29, 0.717) is 6.54 Å². The van der Waals surface area contributed by atoms with Gasteiger partial charge in [0.25, 0.3) is 0 Å². The summed E-state index contributed by atoms with van der Waals surface area (Å²) in [6, 6.07) is 6.96. The number of carboxylic acid groups (broad SMARTS) is 1. The Balaban J connectivity index is 1.98. The summed E-state index contributed by atoms with van der Waals surface area (Å²) < 4.78 is 3.82. The van der Waals surface area contributed by atoms with Gasteiger partial charge in [0.1, 0.15) is 0 Å². The van der Waals surface area contributed by atoms with Crippen molar-refractivity contribution in [2.75, 3.05) is 0 Å². The number of hydrogen-bond acceptors (Lipinski definition) is 3. The second kappa shape index (κ2) is 4.80. The van der Waals surface area contributed by atoms with Crippen molar-refractivity contribution >= 4 is 17.0 Å². The van der Waals surface area contributed by atoms with Gasteiger partial charge in [0.05, 0.1) is 35.5 Å². The molecule has 3 rings (SSSR count). The van der Waals surface area contributed by atoms with Gasteiger partial charge in [-0.25, -0.2) is 9.78 Å². The standard InChI is InChI=1S/C14H14N4O2/c1-10(8-17-6-2-5-16-17)18-9-15-12-4-3-11(14(19)20)7-13(12)18/h2-7,9-10H,8H2,1H3,(H,19,20). The van der Waals surface area contributed by atoms with E-state index in [1.54, 1.807) is 30.7 Å². The van der Waals surface area contributed by atoms with Gasteiger partial charge in [-0.05, 0) is 31.2 Å². The van der Waals surface area contributed by atoms with Crippen LogP contribution in [-0.4, -0.2) is 30.4 Å². The molecule has 3 aromatic rings. The molecule has 6 nitrogen and oxygen atoms in total. The Morgan fingerprint density at radius 1 is 1.45 bits per heavy atom. The van der Waals surface area contributed by atoms with E-state index in [-0.39, 0.29) is 11.6 Å². The van der Waals surface area contributed by atoms with E-state index in [2.05, 4.69) is 17.0 Å². The van der Waals surface area contributed by atoms with Crippen LogP contribution in [0.2, 0.25) is 0 Å². The van der Waals surface area contributed by atoms with Gasteiger partial charge in [-0.3, -0.25) is 4.68 Å². The molecule has 1 aromatic carbocycles. The minimum absolute atomic E-state index is 0.129. The predicted molar refractivity (Wildman–Crippen MR) is 73.6 cm³/mol. The quantitative estimate of drug-likeness (QED) is 0.788. The molecule has 1 N–H and O–H groups in total. The second-order valence-electron chi connectivity index (χ2n) is 4.74. The zero-order chi connectivity index (χ0) is 14.1. The fraction of sp³-hybridized carbons (Fsp3) is 0.214. The molecule has 102 valence electrons. The van der Waals surface area contributed by atoms with E-state index in [9.17, 15) is 4.79 Å². The number of rotatable bonds is 4. The first-order chi connectivity index (χ1) is 9.65. The van der Waals surface area contributed by atoms with Crippen LogP contribution in [-0.2, 0) is 6.54 Å². The maximum Gasteiger partial charge on any atom is 0.335 e. The number of nitrogens with zero attached hydrogens (tertiary/aromatic N) is 4. The summed E-state index contributed by atoms with van der Waals surface area (Å²) in [5.41, 5.74) is 1.89. The highest BCUT2D eigenvalue weighted by Crippen LogP contribution is 2.20. The third-order valence-electron chi connectivity index (χ3n) is 3.31. The molecule has 0 radical (unpaired) electrons. The Labute approximate surface area is 115 Å². The van der Waals surface area contributed by atoms with Crippen molar-refractivity contribution in [3.05, 3.63) is 48.5 Å². The van der Waals surface area contributed by atoms with Crippen molar-refractivity contribution in [3.8, 4) is 0 Å². The van der Waals surface area contributed by atoms with E-state index < -0.39 is 5.97 Å². The number of carboxylic acids is 1. The maximum absolute atomic E-state index is 11.1. The Morgan fingerprint density at radius 2 is 2.30 bits per heavy atom. The third-order valence-corrected chi connectivity index (χ3v) is 3.31. The van der Waals surface area contributed by atoms with Crippen molar-refractivity contribution < 1.29 is 9.90 Å². The van der Waals surface area contributed by atoms with Crippen molar-refractivity contribution in [1.82, 2.24) is 19.3 Å². The van der Waals surface area contributed by atoms with Gasteiger partial charge in [0.15, 0.2) is 0 Å². The minimum atomic E-state index is -0.931. The summed E-state index contributed by atoms with van der Waals surface area (Å²) in [5, 5.41) is 13.3. The predicted octanol–water partition coefficient (Wildman–Crippen LogP) is 2.19. The third kappa shape index (κ3) is 2.16. The van der Waals surface area contributed by atoms with Gasteiger partial charge >= 0.3 is 5.97 Å². The summed E-state index contributed by atoms with van der Waals surface area (Å²) in [6.07, 6.45) is 5.38. The molecule has 0 spiro atoms. The van der Waals surface area contributed by atoms with Crippen LogP contribution in [0, 0.1) is 0 Å². The van der Waals surface area contributed by atoms with Crippen molar-refractivity contribution in [2.45, 2.75) is 19.5 Å². The molecule has 1 unspecified atom stereocenters. The van der Waals surface area contributed by atoms with E-state index in [1.807, 2.05) is 21.5 Å². The van der Waals surface area contributed by atoms with Crippen LogP contribution < -0.4 is 0 Å². The lowest BCUT2D eigenvalue weighted by molar-refractivity contribution is 0.0697. The Bertz CT molecular complexity index is 746. The molecule has 0 saturated carbocycles. The van der Waals surface area contributed by atoms with Crippen molar-refractivity contribution in [3.63, 3.8) is 0 Å². The molecule has 1 atom stereocenters. The molecule has 0 saturated heterocycles. The molecule has 0 aliphatic rings. The number of benzene rings is 1. The molecular weight excluding hydrogens is 256 g/mol. The number of aromatic nitrogens is 4. The normalized spacial score (nSPS) is 12.7. The van der Waals surface area contributed by atoms with Crippen molar-refractivity contribution in [2.24, 2.45) is 0 Å². The summed E-state index contributed by atoms with van der Waals surface area (Å²) >= 11 is 0. The number of hydrogen-bond donors (Lipinski definition) is 1. The Morgan fingerprint density at radius 3 is 3.00 bits per heavy atom.